The summed E-state index contributed by atoms with van der Waals surface area (Å²) in [5.41, 5.74) is 1.80. The molecule has 1 aromatic heterocycles. The van der Waals surface area contributed by atoms with Crippen LogP contribution in [0.5, 0.6) is 0 Å². The molecule has 0 saturated carbocycles. The van der Waals surface area contributed by atoms with Gasteiger partial charge in [0.15, 0.2) is 5.69 Å². The number of hydrogen-bond donors (Lipinski definition) is 1. The second kappa shape index (κ2) is 8.25. The van der Waals surface area contributed by atoms with Gasteiger partial charge in [-0.1, -0.05) is 46.3 Å². The Balaban J connectivity index is 2.21. The van der Waals surface area contributed by atoms with E-state index in [4.69, 9.17) is 0 Å². The van der Waals surface area contributed by atoms with Gasteiger partial charge in [-0.25, -0.2) is 4.79 Å². The lowest BCUT2D eigenvalue weighted by molar-refractivity contribution is 0.0688. The lowest BCUT2D eigenvalue weighted by Crippen LogP contribution is -2.28. The molecule has 7 heteroatoms. The Bertz CT molecular complexity index is 1240. The predicted octanol–water partition coefficient (Wildman–Crippen LogP) is 4.35. The third-order valence-electron chi connectivity index (χ3n) is 4.49. The standard InChI is InChI=1S/C22H16BrN3O3/c1-13-3-9-17(11-14(13)2)26-21(27)19(12-24)18(20(25-26)22(28)29)10-6-15-4-7-16(23)8-5-15/h3-11H,1-2H3,(H,28,29)/b10-6-. The van der Waals surface area contributed by atoms with Gasteiger partial charge in [0.1, 0.15) is 11.6 Å². The van der Waals surface area contributed by atoms with Gasteiger partial charge >= 0.3 is 5.97 Å². The summed E-state index contributed by atoms with van der Waals surface area (Å²) < 4.78 is 1.86. The van der Waals surface area contributed by atoms with Crippen molar-refractivity contribution in [2.24, 2.45) is 0 Å². The Kier molecular flexibility index (Phi) is 5.76. The fourth-order valence-corrected chi connectivity index (χ4v) is 3.02. The molecule has 2 aromatic carbocycles. The zero-order valence-corrected chi connectivity index (χ0v) is 17.3. The number of aromatic carboxylic acids is 1. The van der Waals surface area contributed by atoms with Gasteiger partial charge in [-0.3, -0.25) is 4.79 Å². The summed E-state index contributed by atoms with van der Waals surface area (Å²) >= 11 is 3.35. The minimum Gasteiger partial charge on any atom is -0.476 e. The third-order valence-corrected chi connectivity index (χ3v) is 5.02. The maximum absolute atomic E-state index is 12.9. The van der Waals surface area contributed by atoms with E-state index in [2.05, 4.69) is 21.0 Å². The molecule has 1 N–H and O–H groups in total. The Morgan fingerprint density at radius 2 is 1.83 bits per heavy atom. The molecule has 29 heavy (non-hydrogen) atoms. The highest BCUT2D eigenvalue weighted by molar-refractivity contribution is 9.10. The predicted molar refractivity (Wildman–Crippen MR) is 114 cm³/mol. The van der Waals surface area contributed by atoms with Crippen molar-refractivity contribution in [1.82, 2.24) is 9.78 Å². The van der Waals surface area contributed by atoms with Gasteiger partial charge in [-0.05, 0) is 54.8 Å². The first-order chi connectivity index (χ1) is 13.8. The highest BCUT2D eigenvalue weighted by atomic mass is 79.9. The largest absolute Gasteiger partial charge is 0.476 e. The first kappa shape index (κ1) is 20.2. The van der Waals surface area contributed by atoms with Crippen molar-refractivity contribution in [3.8, 4) is 11.8 Å². The number of hydrogen-bond acceptors (Lipinski definition) is 4. The van der Waals surface area contributed by atoms with E-state index in [1.807, 2.05) is 50.2 Å². The van der Waals surface area contributed by atoms with E-state index in [9.17, 15) is 20.0 Å². The quantitative estimate of drug-likeness (QED) is 0.638. The van der Waals surface area contributed by atoms with Crippen LogP contribution >= 0.6 is 15.9 Å². The number of aromatic nitrogens is 2. The molecular formula is C22H16BrN3O3. The van der Waals surface area contributed by atoms with E-state index in [1.165, 1.54) is 6.08 Å². The number of benzene rings is 2. The highest BCUT2D eigenvalue weighted by Crippen LogP contribution is 2.18. The summed E-state index contributed by atoms with van der Waals surface area (Å²) in [5.74, 6) is -1.32. The van der Waals surface area contributed by atoms with Crippen LogP contribution in [0.1, 0.15) is 38.3 Å². The van der Waals surface area contributed by atoms with Crippen LogP contribution in [0.3, 0.4) is 0 Å². The monoisotopic (exact) mass is 449 g/mol. The normalized spacial score (nSPS) is 10.8. The molecule has 1 heterocycles. The topological polar surface area (TPSA) is 96.0 Å². The van der Waals surface area contributed by atoms with E-state index < -0.39 is 11.5 Å². The van der Waals surface area contributed by atoms with Crippen LogP contribution in [0.25, 0.3) is 17.8 Å². The summed E-state index contributed by atoms with van der Waals surface area (Å²) in [6.45, 7) is 3.80. The average Bonchev–Trinajstić information content (AvgIpc) is 2.69. The summed E-state index contributed by atoms with van der Waals surface area (Å²) in [7, 11) is 0. The third kappa shape index (κ3) is 4.18. The molecule has 3 aromatic rings. The van der Waals surface area contributed by atoms with Crippen molar-refractivity contribution in [3.05, 3.63) is 90.8 Å². The van der Waals surface area contributed by atoms with Gasteiger partial charge in [-0.2, -0.15) is 15.0 Å². The van der Waals surface area contributed by atoms with Crippen molar-refractivity contribution in [1.29, 1.82) is 5.26 Å². The minimum atomic E-state index is -1.32. The number of nitriles is 1. The number of halogens is 1. The molecular weight excluding hydrogens is 434 g/mol. The SMILES string of the molecule is Cc1ccc(-n2nc(C(=O)O)c(/C=C\c3ccc(Br)cc3)c(C#N)c2=O)cc1C. The first-order valence-electron chi connectivity index (χ1n) is 8.64. The lowest BCUT2D eigenvalue weighted by atomic mass is 10.1. The number of rotatable bonds is 4. The summed E-state index contributed by atoms with van der Waals surface area (Å²) in [6.07, 6.45) is 3.07. The number of carbonyl (C=O) groups is 1. The molecule has 0 aliphatic rings. The maximum Gasteiger partial charge on any atom is 0.357 e. The van der Waals surface area contributed by atoms with Crippen LogP contribution in [0.4, 0.5) is 0 Å². The second-order valence-corrected chi connectivity index (χ2v) is 7.34. The van der Waals surface area contributed by atoms with Gasteiger partial charge in [-0.15, -0.1) is 0 Å². The van der Waals surface area contributed by atoms with Crippen LogP contribution < -0.4 is 5.56 Å². The molecule has 0 atom stereocenters. The molecule has 0 amide bonds. The van der Waals surface area contributed by atoms with E-state index in [-0.39, 0.29) is 16.8 Å². The van der Waals surface area contributed by atoms with E-state index in [0.29, 0.717) is 5.69 Å². The van der Waals surface area contributed by atoms with Gasteiger partial charge in [0.2, 0.25) is 0 Å². The molecule has 0 unspecified atom stereocenters. The Morgan fingerprint density at radius 1 is 1.14 bits per heavy atom. The van der Waals surface area contributed by atoms with Gasteiger partial charge < -0.3 is 5.11 Å². The van der Waals surface area contributed by atoms with E-state index in [1.54, 1.807) is 18.2 Å². The Labute approximate surface area is 175 Å². The number of nitrogens with zero attached hydrogens (tertiary/aromatic N) is 3. The smallest absolute Gasteiger partial charge is 0.357 e. The fraction of sp³-hybridized carbons (Fsp3) is 0.0909. The minimum absolute atomic E-state index is 0.0204. The molecule has 0 aliphatic carbocycles. The van der Waals surface area contributed by atoms with Crippen molar-refractivity contribution in [2.75, 3.05) is 0 Å². The van der Waals surface area contributed by atoms with Crippen LogP contribution in [-0.4, -0.2) is 20.9 Å². The van der Waals surface area contributed by atoms with Crippen LogP contribution in [0.2, 0.25) is 0 Å². The van der Waals surface area contributed by atoms with E-state index >= 15 is 0 Å². The summed E-state index contributed by atoms with van der Waals surface area (Å²) in [6, 6.07) is 14.4. The van der Waals surface area contributed by atoms with Crippen molar-refractivity contribution in [3.63, 3.8) is 0 Å². The zero-order valence-electron chi connectivity index (χ0n) is 15.7. The van der Waals surface area contributed by atoms with Gasteiger partial charge in [0.05, 0.1) is 5.69 Å². The highest BCUT2D eigenvalue weighted by Gasteiger charge is 2.21. The Hall–Kier alpha value is -3.50. The van der Waals surface area contributed by atoms with Crippen LogP contribution in [0, 0.1) is 25.2 Å². The maximum atomic E-state index is 12.9. The summed E-state index contributed by atoms with van der Waals surface area (Å²) in [4.78, 5) is 24.7. The number of carboxylic acids is 1. The van der Waals surface area contributed by atoms with Crippen molar-refractivity contribution >= 4 is 34.1 Å². The average molecular weight is 450 g/mol. The van der Waals surface area contributed by atoms with Crippen LogP contribution in [-0.2, 0) is 0 Å². The van der Waals surface area contributed by atoms with E-state index in [0.717, 1.165) is 25.8 Å². The number of aryl methyl sites for hydroxylation is 2. The zero-order chi connectivity index (χ0) is 21.1. The first-order valence-corrected chi connectivity index (χ1v) is 9.43. The van der Waals surface area contributed by atoms with Crippen molar-refractivity contribution < 1.29 is 9.90 Å². The Morgan fingerprint density at radius 3 is 2.41 bits per heavy atom. The molecule has 0 saturated heterocycles. The van der Waals surface area contributed by atoms with Gasteiger partial charge in [0.25, 0.3) is 5.56 Å². The molecule has 0 bridgehead atoms. The van der Waals surface area contributed by atoms with Crippen LogP contribution in [0.15, 0.2) is 51.7 Å². The molecule has 6 nitrogen and oxygen atoms in total. The molecule has 144 valence electrons. The molecule has 0 aliphatic heterocycles. The molecule has 0 fully saturated rings. The molecule has 0 radical (unpaired) electrons. The molecule has 3 rings (SSSR count). The molecule has 0 spiro atoms. The second-order valence-electron chi connectivity index (χ2n) is 6.42. The lowest BCUT2D eigenvalue weighted by Gasteiger charge is -2.11. The van der Waals surface area contributed by atoms with Gasteiger partial charge in [0, 0.05) is 10.0 Å². The number of carboxylic acid groups (broad SMARTS) is 1. The summed E-state index contributed by atoms with van der Waals surface area (Å²) in [5, 5.41) is 23.3. The fourth-order valence-electron chi connectivity index (χ4n) is 2.75. The van der Waals surface area contributed by atoms with Crippen molar-refractivity contribution in [2.45, 2.75) is 13.8 Å².